The molecule has 0 aromatic carbocycles. The molecule has 0 aromatic heterocycles. The molecule has 0 radical (unpaired) electrons. The van der Waals surface area contributed by atoms with E-state index in [0.29, 0.717) is 0 Å². The highest BCUT2D eigenvalue weighted by molar-refractivity contribution is 5.15. The number of unbranched alkanes of at least 4 members (excludes halogenated alkanes) is 3. The van der Waals surface area contributed by atoms with E-state index in [9.17, 15) is 0 Å². The van der Waals surface area contributed by atoms with Crippen molar-refractivity contribution in [3.8, 4) is 0 Å². The fourth-order valence-electron chi connectivity index (χ4n) is 5.45. The number of fused-ring (bicyclic) bond motifs is 5. The topological polar surface area (TPSA) is 12.0 Å². The van der Waals surface area contributed by atoms with Gasteiger partial charge < -0.3 is 5.32 Å². The lowest BCUT2D eigenvalue weighted by molar-refractivity contribution is 0.345. The Bertz CT molecular complexity index is 295. The highest BCUT2D eigenvalue weighted by Crippen LogP contribution is 2.70. The molecule has 3 fully saturated rings. The summed E-state index contributed by atoms with van der Waals surface area (Å²) >= 11 is 0. The van der Waals surface area contributed by atoms with Crippen molar-refractivity contribution in [2.24, 2.45) is 29.6 Å². The Morgan fingerprint density at radius 3 is 2.53 bits per heavy atom. The molecule has 1 nitrogen and oxygen atoms in total. The Labute approximate surface area is 119 Å². The molecule has 5 unspecified atom stereocenters. The molecule has 0 aliphatic heterocycles. The maximum atomic E-state index is 3.81. The summed E-state index contributed by atoms with van der Waals surface area (Å²) in [6, 6.07) is 0.840. The fraction of sp³-hybridized carbons (Fsp3) is 0.889. The van der Waals surface area contributed by atoms with Crippen molar-refractivity contribution in [1.82, 2.24) is 5.32 Å². The van der Waals surface area contributed by atoms with E-state index in [2.05, 4.69) is 24.9 Å². The van der Waals surface area contributed by atoms with Gasteiger partial charge in [0.2, 0.25) is 0 Å². The molecule has 5 atom stereocenters. The summed E-state index contributed by atoms with van der Waals surface area (Å²) in [6.07, 6.45) is 13.5. The molecule has 1 heteroatoms. The first-order valence-corrected chi connectivity index (χ1v) is 8.71. The lowest BCUT2D eigenvalue weighted by atomic mass is 9.94. The minimum atomic E-state index is 0.840. The van der Waals surface area contributed by atoms with Crippen LogP contribution in [0.4, 0.5) is 0 Å². The van der Waals surface area contributed by atoms with Crippen LogP contribution in [-0.2, 0) is 0 Å². The minimum Gasteiger partial charge on any atom is -0.314 e. The second-order valence-electron chi connectivity index (χ2n) is 7.16. The smallest absolute Gasteiger partial charge is 0.0101 e. The summed E-state index contributed by atoms with van der Waals surface area (Å²) < 4.78 is 0. The maximum absolute atomic E-state index is 3.81. The average molecular weight is 261 g/mol. The Balaban J connectivity index is 1.45. The first kappa shape index (κ1) is 13.7. The van der Waals surface area contributed by atoms with Gasteiger partial charge in [-0.2, -0.15) is 0 Å². The molecule has 0 heterocycles. The van der Waals surface area contributed by atoms with Crippen molar-refractivity contribution in [3.63, 3.8) is 0 Å². The summed E-state index contributed by atoms with van der Waals surface area (Å²) in [4.78, 5) is 0. The third-order valence-corrected chi connectivity index (χ3v) is 6.15. The van der Waals surface area contributed by atoms with Gasteiger partial charge in [0.1, 0.15) is 0 Å². The van der Waals surface area contributed by atoms with Crippen LogP contribution in [0.3, 0.4) is 0 Å². The lowest BCUT2D eigenvalue weighted by Gasteiger charge is -2.21. The van der Waals surface area contributed by atoms with E-state index in [0.717, 1.165) is 42.2 Å². The van der Waals surface area contributed by atoms with Crippen molar-refractivity contribution in [1.29, 1.82) is 0 Å². The summed E-state index contributed by atoms with van der Waals surface area (Å²) in [5, 5.41) is 3.81. The Morgan fingerprint density at radius 2 is 1.89 bits per heavy atom. The zero-order valence-corrected chi connectivity index (χ0v) is 12.6. The van der Waals surface area contributed by atoms with Crippen LogP contribution in [0.1, 0.15) is 58.3 Å². The second kappa shape index (κ2) is 5.99. The molecule has 0 aromatic rings. The first-order chi connectivity index (χ1) is 9.36. The molecule has 0 saturated heterocycles. The number of hydrogen-bond donors (Lipinski definition) is 1. The molecule has 0 spiro atoms. The summed E-state index contributed by atoms with van der Waals surface area (Å²) in [5.41, 5.74) is 0. The van der Waals surface area contributed by atoms with Crippen molar-refractivity contribution in [2.45, 2.75) is 64.3 Å². The van der Waals surface area contributed by atoms with Gasteiger partial charge in [0.15, 0.2) is 0 Å². The van der Waals surface area contributed by atoms with Crippen LogP contribution in [0.15, 0.2) is 12.7 Å². The number of allylic oxidation sites excluding steroid dienone is 1. The van der Waals surface area contributed by atoms with E-state index in [1.54, 1.807) is 19.3 Å². The van der Waals surface area contributed by atoms with Crippen LogP contribution in [0.25, 0.3) is 0 Å². The van der Waals surface area contributed by atoms with Gasteiger partial charge in [-0.05, 0) is 74.7 Å². The van der Waals surface area contributed by atoms with Crippen LogP contribution in [0.5, 0.6) is 0 Å². The first-order valence-electron chi connectivity index (χ1n) is 8.71. The van der Waals surface area contributed by atoms with E-state index >= 15 is 0 Å². The Hall–Kier alpha value is -0.300. The molecule has 0 amide bonds. The number of hydrogen-bond acceptors (Lipinski definition) is 1. The molecule has 3 rings (SSSR count). The molecule has 3 aliphatic carbocycles. The van der Waals surface area contributed by atoms with Crippen molar-refractivity contribution < 1.29 is 0 Å². The van der Waals surface area contributed by atoms with E-state index < -0.39 is 0 Å². The van der Waals surface area contributed by atoms with Crippen LogP contribution in [0, 0.1) is 29.6 Å². The summed E-state index contributed by atoms with van der Waals surface area (Å²) in [6.45, 7) is 7.24. The SMILES string of the molecule is C=CCCCCCC(NCC)C1C2C3CCC(C3)C21. The molecular formula is C18H31N. The quantitative estimate of drug-likeness (QED) is 0.479. The Morgan fingerprint density at radius 1 is 1.16 bits per heavy atom. The molecular weight excluding hydrogens is 230 g/mol. The summed E-state index contributed by atoms with van der Waals surface area (Å²) in [5.74, 6) is 5.58. The van der Waals surface area contributed by atoms with Crippen LogP contribution >= 0.6 is 0 Å². The average Bonchev–Trinajstić information content (AvgIpc) is 2.84. The fourth-order valence-corrected chi connectivity index (χ4v) is 5.45. The number of rotatable bonds is 9. The van der Waals surface area contributed by atoms with Gasteiger partial charge in [0, 0.05) is 6.04 Å². The van der Waals surface area contributed by atoms with Crippen LogP contribution in [0.2, 0.25) is 0 Å². The van der Waals surface area contributed by atoms with Gasteiger partial charge in [0.25, 0.3) is 0 Å². The highest BCUT2D eigenvalue weighted by atomic mass is 14.9. The molecule has 19 heavy (non-hydrogen) atoms. The van der Waals surface area contributed by atoms with Crippen molar-refractivity contribution in [3.05, 3.63) is 12.7 Å². The number of nitrogens with one attached hydrogen (secondary N) is 1. The third-order valence-electron chi connectivity index (χ3n) is 6.15. The van der Waals surface area contributed by atoms with E-state index in [1.165, 1.54) is 32.1 Å². The molecule has 3 aliphatic rings. The predicted molar refractivity (Wildman–Crippen MR) is 82.0 cm³/mol. The maximum Gasteiger partial charge on any atom is 0.0101 e. The molecule has 2 bridgehead atoms. The monoisotopic (exact) mass is 261 g/mol. The predicted octanol–water partition coefficient (Wildman–Crippen LogP) is 4.39. The molecule has 3 saturated carbocycles. The standard InChI is InChI=1S/C18H31N/c1-3-5-6-7-8-9-15(19-4-2)18-16-13-10-11-14(12-13)17(16)18/h3,13-19H,1,4-12H2,2H3. The lowest BCUT2D eigenvalue weighted by Crippen LogP contribution is -2.33. The van der Waals surface area contributed by atoms with Gasteiger partial charge >= 0.3 is 0 Å². The van der Waals surface area contributed by atoms with Crippen LogP contribution in [-0.4, -0.2) is 12.6 Å². The van der Waals surface area contributed by atoms with Crippen molar-refractivity contribution in [2.75, 3.05) is 6.54 Å². The zero-order chi connectivity index (χ0) is 13.2. The molecule has 1 N–H and O–H groups in total. The second-order valence-corrected chi connectivity index (χ2v) is 7.16. The van der Waals surface area contributed by atoms with Gasteiger partial charge in [0.05, 0.1) is 0 Å². The molecule has 108 valence electrons. The third kappa shape index (κ3) is 2.63. The van der Waals surface area contributed by atoms with E-state index in [-0.39, 0.29) is 0 Å². The summed E-state index contributed by atoms with van der Waals surface area (Å²) in [7, 11) is 0. The van der Waals surface area contributed by atoms with Gasteiger partial charge in [-0.1, -0.05) is 25.8 Å². The van der Waals surface area contributed by atoms with E-state index in [4.69, 9.17) is 0 Å². The zero-order valence-electron chi connectivity index (χ0n) is 12.6. The van der Waals surface area contributed by atoms with E-state index in [1.807, 2.05) is 0 Å². The van der Waals surface area contributed by atoms with Gasteiger partial charge in [-0.15, -0.1) is 6.58 Å². The van der Waals surface area contributed by atoms with Crippen LogP contribution < -0.4 is 5.32 Å². The van der Waals surface area contributed by atoms with Gasteiger partial charge in [-0.3, -0.25) is 0 Å². The minimum absolute atomic E-state index is 0.840. The Kier molecular flexibility index (Phi) is 4.31. The van der Waals surface area contributed by atoms with Gasteiger partial charge in [-0.25, -0.2) is 0 Å². The van der Waals surface area contributed by atoms with Crippen molar-refractivity contribution >= 4 is 0 Å². The normalized spacial score (nSPS) is 40.2. The largest absolute Gasteiger partial charge is 0.314 e. The highest BCUT2D eigenvalue weighted by Gasteiger charge is 2.66.